The highest BCUT2D eigenvalue weighted by Crippen LogP contribution is 2.17. The van der Waals surface area contributed by atoms with E-state index < -0.39 is 0 Å². The van der Waals surface area contributed by atoms with Crippen molar-refractivity contribution in [2.24, 2.45) is 0 Å². The van der Waals surface area contributed by atoms with Crippen LogP contribution in [0, 0.1) is 0 Å². The van der Waals surface area contributed by atoms with Crippen molar-refractivity contribution in [3.63, 3.8) is 0 Å². The van der Waals surface area contributed by atoms with E-state index in [0.717, 1.165) is 19.3 Å². The van der Waals surface area contributed by atoms with Gasteiger partial charge in [0.25, 0.3) is 0 Å². The van der Waals surface area contributed by atoms with E-state index in [4.69, 9.17) is 11.6 Å². The third-order valence-corrected chi connectivity index (χ3v) is 3.19. The second kappa shape index (κ2) is 6.42. The maximum atomic E-state index is 11.4. The molecule has 1 aliphatic rings. The molecule has 0 N–H and O–H groups in total. The van der Waals surface area contributed by atoms with Crippen molar-refractivity contribution < 1.29 is 4.79 Å². The highest BCUT2D eigenvalue weighted by molar-refractivity contribution is 6.31. The average Bonchev–Trinajstić information content (AvgIpc) is 2.16. The largest absolute Gasteiger partial charge is 0.298 e. The van der Waals surface area contributed by atoms with Crippen LogP contribution in [0.5, 0.6) is 0 Å². The summed E-state index contributed by atoms with van der Waals surface area (Å²) in [5.74, 6) is 0.267. The number of rotatable bonds is 0. The van der Waals surface area contributed by atoms with Gasteiger partial charge in [-0.1, -0.05) is 38.5 Å². The van der Waals surface area contributed by atoms with Gasteiger partial charge in [-0.2, -0.15) is 0 Å². The van der Waals surface area contributed by atoms with Crippen LogP contribution in [0.1, 0.15) is 57.8 Å². The summed E-state index contributed by atoms with van der Waals surface area (Å²) in [5.41, 5.74) is 0. The van der Waals surface area contributed by atoms with Gasteiger partial charge in [0.1, 0.15) is 0 Å². The zero-order valence-electron chi connectivity index (χ0n) is 8.23. The molecule has 1 nitrogen and oxygen atoms in total. The molecule has 1 aliphatic carbocycles. The number of carbonyl (C=O) groups is 1. The Morgan fingerprint density at radius 2 is 1.46 bits per heavy atom. The third-order valence-electron chi connectivity index (χ3n) is 2.73. The van der Waals surface area contributed by atoms with Crippen LogP contribution in [0.2, 0.25) is 0 Å². The highest BCUT2D eigenvalue weighted by atomic mass is 35.5. The predicted octanol–water partition coefficient (Wildman–Crippen LogP) is 3.69. The van der Waals surface area contributed by atoms with Crippen molar-refractivity contribution in [2.75, 3.05) is 0 Å². The van der Waals surface area contributed by atoms with E-state index in [9.17, 15) is 4.79 Å². The number of ketones is 1. The fourth-order valence-electron chi connectivity index (χ4n) is 1.82. The molecule has 0 bridgehead atoms. The molecule has 1 rings (SSSR count). The maximum Gasteiger partial charge on any atom is 0.150 e. The first-order chi connectivity index (χ1) is 6.30. The van der Waals surface area contributed by atoms with Crippen molar-refractivity contribution in [1.82, 2.24) is 0 Å². The van der Waals surface area contributed by atoms with Crippen molar-refractivity contribution in [1.29, 1.82) is 0 Å². The van der Waals surface area contributed by atoms with Gasteiger partial charge in [0, 0.05) is 6.42 Å². The molecular weight excluding hydrogens is 184 g/mol. The lowest BCUT2D eigenvalue weighted by molar-refractivity contribution is -0.118. The van der Waals surface area contributed by atoms with E-state index in [-0.39, 0.29) is 11.2 Å². The Morgan fingerprint density at radius 3 is 2.15 bits per heavy atom. The zero-order chi connectivity index (χ0) is 9.52. The van der Waals surface area contributed by atoms with Crippen molar-refractivity contribution in [3.05, 3.63) is 0 Å². The molecule has 0 saturated heterocycles. The van der Waals surface area contributed by atoms with E-state index in [1.807, 2.05) is 0 Å². The predicted molar refractivity (Wildman–Crippen MR) is 56.2 cm³/mol. The molecule has 0 aliphatic heterocycles. The number of hydrogen-bond acceptors (Lipinski definition) is 1. The Morgan fingerprint density at radius 1 is 0.923 bits per heavy atom. The molecule has 13 heavy (non-hydrogen) atoms. The van der Waals surface area contributed by atoms with Gasteiger partial charge < -0.3 is 0 Å². The van der Waals surface area contributed by atoms with Crippen LogP contribution >= 0.6 is 11.6 Å². The second-order valence-corrected chi connectivity index (χ2v) is 4.47. The van der Waals surface area contributed by atoms with Crippen molar-refractivity contribution >= 4 is 17.4 Å². The van der Waals surface area contributed by atoms with Crippen LogP contribution < -0.4 is 0 Å². The normalized spacial score (nSPS) is 28.1. The minimum absolute atomic E-state index is 0.196. The van der Waals surface area contributed by atoms with Gasteiger partial charge in [0.05, 0.1) is 5.38 Å². The van der Waals surface area contributed by atoms with Crippen LogP contribution in [0.3, 0.4) is 0 Å². The lowest BCUT2D eigenvalue weighted by Crippen LogP contribution is -2.13. The first kappa shape index (κ1) is 11.0. The topological polar surface area (TPSA) is 17.1 Å². The fourth-order valence-corrected chi connectivity index (χ4v) is 2.09. The maximum absolute atomic E-state index is 11.4. The van der Waals surface area contributed by atoms with Crippen molar-refractivity contribution in [3.8, 4) is 0 Å². The molecule has 0 aromatic carbocycles. The number of carbonyl (C=O) groups excluding carboxylic acids is 1. The summed E-state index contributed by atoms with van der Waals surface area (Å²) in [6.07, 6.45) is 10.2. The van der Waals surface area contributed by atoms with Gasteiger partial charge >= 0.3 is 0 Å². The van der Waals surface area contributed by atoms with Gasteiger partial charge in [-0.05, 0) is 12.8 Å². The van der Waals surface area contributed by atoms with E-state index in [0.29, 0.717) is 6.42 Å². The first-order valence-corrected chi connectivity index (χ1v) is 5.91. The van der Waals surface area contributed by atoms with E-state index in [1.54, 1.807) is 0 Å². The molecular formula is C11H19ClO. The van der Waals surface area contributed by atoms with Gasteiger partial charge in [-0.15, -0.1) is 11.6 Å². The summed E-state index contributed by atoms with van der Waals surface area (Å²) in [6, 6.07) is 0. The fraction of sp³-hybridized carbons (Fsp3) is 0.909. The summed E-state index contributed by atoms with van der Waals surface area (Å²) >= 11 is 5.97. The zero-order valence-corrected chi connectivity index (χ0v) is 8.98. The molecule has 1 fully saturated rings. The van der Waals surface area contributed by atoms with Crippen molar-refractivity contribution in [2.45, 2.75) is 63.2 Å². The lowest BCUT2D eigenvalue weighted by Gasteiger charge is -2.06. The first-order valence-electron chi connectivity index (χ1n) is 5.47. The summed E-state index contributed by atoms with van der Waals surface area (Å²) in [6.45, 7) is 0. The third kappa shape index (κ3) is 4.66. The van der Waals surface area contributed by atoms with Crippen LogP contribution in [-0.4, -0.2) is 11.2 Å². The second-order valence-electron chi connectivity index (χ2n) is 3.95. The molecule has 0 aromatic heterocycles. The lowest BCUT2D eigenvalue weighted by atomic mass is 10.1. The standard InChI is InChI=1S/C11H19ClO/c12-10-8-6-4-2-1-3-5-7-9-11(10)13/h10H,1-9H2. The summed E-state index contributed by atoms with van der Waals surface area (Å²) in [5, 5.41) is -0.196. The smallest absolute Gasteiger partial charge is 0.150 e. The Hall–Kier alpha value is -0.0400. The number of hydrogen-bond donors (Lipinski definition) is 0. The van der Waals surface area contributed by atoms with E-state index >= 15 is 0 Å². The van der Waals surface area contributed by atoms with Gasteiger partial charge in [0.15, 0.2) is 5.78 Å². The molecule has 0 aromatic rings. The molecule has 76 valence electrons. The monoisotopic (exact) mass is 202 g/mol. The van der Waals surface area contributed by atoms with Gasteiger partial charge in [-0.3, -0.25) is 4.79 Å². The van der Waals surface area contributed by atoms with E-state index in [1.165, 1.54) is 32.1 Å². The van der Waals surface area contributed by atoms with E-state index in [2.05, 4.69) is 0 Å². The Kier molecular flexibility index (Phi) is 5.45. The van der Waals surface area contributed by atoms with Crippen LogP contribution in [0.25, 0.3) is 0 Å². The van der Waals surface area contributed by atoms with Crippen LogP contribution in [0.4, 0.5) is 0 Å². The van der Waals surface area contributed by atoms with Gasteiger partial charge in [-0.25, -0.2) is 0 Å². The summed E-state index contributed by atoms with van der Waals surface area (Å²) < 4.78 is 0. The molecule has 0 amide bonds. The minimum Gasteiger partial charge on any atom is -0.298 e. The Labute approximate surface area is 85.8 Å². The molecule has 0 spiro atoms. The summed E-state index contributed by atoms with van der Waals surface area (Å²) in [4.78, 5) is 11.4. The molecule has 0 heterocycles. The van der Waals surface area contributed by atoms with Crippen LogP contribution in [0.15, 0.2) is 0 Å². The quantitative estimate of drug-likeness (QED) is 0.548. The number of halogens is 1. The Bertz CT molecular complexity index is 156. The average molecular weight is 203 g/mol. The molecule has 1 atom stereocenters. The minimum atomic E-state index is -0.196. The summed E-state index contributed by atoms with van der Waals surface area (Å²) in [7, 11) is 0. The molecule has 2 heteroatoms. The Balaban J connectivity index is 2.31. The molecule has 1 unspecified atom stereocenters. The highest BCUT2D eigenvalue weighted by Gasteiger charge is 2.14. The number of alkyl halides is 1. The molecule has 1 saturated carbocycles. The van der Waals surface area contributed by atoms with Gasteiger partial charge in [0.2, 0.25) is 0 Å². The number of Topliss-reactive ketones (excluding diaryl/α,β-unsaturated/α-hetero) is 1. The SMILES string of the molecule is O=C1CCCCCCCCCC1Cl. The molecule has 0 radical (unpaired) electrons. The van der Waals surface area contributed by atoms with Crippen LogP contribution in [-0.2, 0) is 4.79 Å².